The number of carbonyl (C=O) groups is 1. The summed E-state index contributed by atoms with van der Waals surface area (Å²) in [6.07, 6.45) is 4.23. The van der Waals surface area contributed by atoms with Crippen molar-refractivity contribution in [1.82, 2.24) is 0 Å². The molecule has 0 aliphatic carbocycles. The van der Waals surface area contributed by atoms with Crippen molar-refractivity contribution in [3.05, 3.63) is 29.8 Å². The van der Waals surface area contributed by atoms with Crippen LogP contribution in [-0.2, 0) is 16.0 Å². The Kier molecular flexibility index (Phi) is 4.76. The second kappa shape index (κ2) is 6.55. The summed E-state index contributed by atoms with van der Waals surface area (Å²) in [5, 5.41) is 0. The predicted octanol–water partition coefficient (Wildman–Crippen LogP) is 2.78. The fourth-order valence-corrected chi connectivity index (χ4v) is 2.33. The highest BCUT2D eigenvalue weighted by Gasteiger charge is 2.20. The number of benzene rings is 1. The van der Waals surface area contributed by atoms with Crippen LogP contribution in [0.25, 0.3) is 0 Å². The van der Waals surface area contributed by atoms with E-state index in [0.29, 0.717) is 6.61 Å². The third kappa shape index (κ3) is 3.10. The first-order valence-electron chi connectivity index (χ1n) is 6.79. The maximum atomic E-state index is 12.2. The molecule has 1 aromatic rings. The minimum absolute atomic E-state index is 0.0813. The molecule has 1 aromatic carbocycles. The number of aryl methyl sites for hydroxylation is 1. The predicted molar refractivity (Wildman–Crippen MR) is 72.8 cm³/mol. The molecule has 98 valence electrons. The van der Waals surface area contributed by atoms with Crippen LogP contribution < -0.4 is 4.90 Å². The van der Waals surface area contributed by atoms with Crippen LogP contribution in [0.5, 0.6) is 0 Å². The van der Waals surface area contributed by atoms with Gasteiger partial charge in [-0.2, -0.15) is 0 Å². The van der Waals surface area contributed by atoms with Crippen LogP contribution in [0.1, 0.15) is 31.7 Å². The van der Waals surface area contributed by atoms with E-state index in [4.69, 9.17) is 4.74 Å². The lowest BCUT2D eigenvalue weighted by Gasteiger charge is -2.22. The SMILES string of the molecule is CCCOCC(=O)N1CCCCc2ccccc21. The average molecular weight is 247 g/mol. The van der Waals surface area contributed by atoms with Crippen molar-refractivity contribution in [3.63, 3.8) is 0 Å². The third-order valence-corrected chi connectivity index (χ3v) is 3.24. The fraction of sp³-hybridized carbons (Fsp3) is 0.533. The zero-order valence-corrected chi connectivity index (χ0v) is 11.0. The van der Waals surface area contributed by atoms with Gasteiger partial charge in [-0.15, -0.1) is 0 Å². The van der Waals surface area contributed by atoms with E-state index in [-0.39, 0.29) is 12.5 Å². The third-order valence-electron chi connectivity index (χ3n) is 3.24. The number of para-hydroxylation sites is 1. The standard InChI is InChI=1S/C15H21NO2/c1-2-11-18-12-15(17)16-10-6-5-8-13-7-3-4-9-14(13)16/h3-4,7,9H,2,5-6,8,10-12H2,1H3. The van der Waals surface area contributed by atoms with Crippen LogP contribution in [-0.4, -0.2) is 25.7 Å². The van der Waals surface area contributed by atoms with Gasteiger partial charge in [-0.3, -0.25) is 4.79 Å². The molecule has 0 N–H and O–H groups in total. The topological polar surface area (TPSA) is 29.5 Å². The Morgan fingerprint density at radius 1 is 1.33 bits per heavy atom. The monoisotopic (exact) mass is 247 g/mol. The number of fused-ring (bicyclic) bond motifs is 1. The molecule has 0 fully saturated rings. The molecule has 1 heterocycles. The Hall–Kier alpha value is -1.35. The Labute approximate surface area is 109 Å². The number of ether oxygens (including phenoxy) is 1. The van der Waals surface area contributed by atoms with Gasteiger partial charge in [-0.25, -0.2) is 0 Å². The number of carbonyl (C=O) groups excluding carboxylic acids is 1. The Bertz CT molecular complexity index is 403. The van der Waals surface area contributed by atoms with Crippen LogP contribution in [0.4, 0.5) is 5.69 Å². The molecule has 0 aromatic heterocycles. The van der Waals surface area contributed by atoms with Crippen molar-refractivity contribution in [3.8, 4) is 0 Å². The van der Waals surface area contributed by atoms with Gasteiger partial charge in [0.25, 0.3) is 5.91 Å². The van der Waals surface area contributed by atoms with E-state index in [1.54, 1.807) is 0 Å². The summed E-state index contributed by atoms with van der Waals surface area (Å²) >= 11 is 0. The number of anilines is 1. The van der Waals surface area contributed by atoms with Gasteiger partial charge in [0.2, 0.25) is 0 Å². The van der Waals surface area contributed by atoms with E-state index >= 15 is 0 Å². The molecule has 0 spiro atoms. The van der Waals surface area contributed by atoms with Gasteiger partial charge in [0.05, 0.1) is 0 Å². The zero-order chi connectivity index (χ0) is 12.8. The maximum Gasteiger partial charge on any atom is 0.252 e. The highest BCUT2D eigenvalue weighted by atomic mass is 16.5. The molecule has 2 rings (SSSR count). The Balaban J connectivity index is 2.09. The maximum absolute atomic E-state index is 12.2. The molecule has 3 nitrogen and oxygen atoms in total. The summed E-state index contributed by atoms with van der Waals surface area (Å²) in [5.74, 6) is 0.0813. The van der Waals surface area contributed by atoms with E-state index < -0.39 is 0 Å². The van der Waals surface area contributed by atoms with Crippen molar-refractivity contribution >= 4 is 11.6 Å². The first-order chi connectivity index (χ1) is 8.83. The molecule has 0 bridgehead atoms. The first-order valence-corrected chi connectivity index (χ1v) is 6.79. The summed E-state index contributed by atoms with van der Waals surface area (Å²) in [7, 11) is 0. The van der Waals surface area contributed by atoms with Crippen LogP contribution in [0.2, 0.25) is 0 Å². The summed E-state index contributed by atoms with van der Waals surface area (Å²) in [6, 6.07) is 8.20. The average Bonchev–Trinajstić information content (AvgIpc) is 2.61. The van der Waals surface area contributed by atoms with Crippen LogP contribution in [0.15, 0.2) is 24.3 Å². The molecular formula is C15H21NO2. The number of amides is 1. The van der Waals surface area contributed by atoms with Crippen LogP contribution in [0, 0.1) is 0 Å². The molecule has 1 amide bonds. The molecule has 1 aliphatic heterocycles. The summed E-state index contributed by atoms with van der Waals surface area (Å²) < 4.78 is 5.36. The summed E-state index contributed by atoms with van der Waals surface area (Å²) in [6.45, 7) is 3.71. The summed E-state index contributed by atoms with van der Waals surface area (Å²) in [5.41, 5.74) is 2.35. The van der Waals surface area contributed by atoms with E-state index in [1.807, 2.05) is 30.0 Å². The molecule has 0 radical (unpaired) electrons. The number of hydrogen-bond donors (Lipinski definition) is 0. The Morgan fingerprint density at radius 2 is 2.17 bits per heavy atom. The van der Waals surface area contributed by atoms with Crippen molar-refractivity contribution in [2.24, 2.45) is 0 Å². The lowest BCUT2D eigenvalue weighted by atomic mass is 10.1. The minimum atomic E-state index is 0.0813. The van der Waals surface area contributed by atoms with E-state index in [1.165, 1.54) is 5.56 Å². The second-order valence-electron chi connectivity index (χ2n) is 4.68. The highest BCUT2D eigenvalue weighted by molar-refractivity contribution is 5.95. The summed E-state index contributed by atoms with van der Waals surface area (Å²) in [4.78, 5) is 14.1. The van der Waals surface area contributed by atoms with Crippen molar-refractivity contribution in [2.75, 3.05) is 24.7 Å². The number of hydrogen-bond acceptors (Lipinski definition) is 2. The van der Waals surface area contributed by atoms with Crippen molar-refractivity contribution in [2.45, 2.75) is 32.6 Å². The highest BCUT2D eigenvalue weighted by Crippen LogP contribution is 2.26. The largest absolute Gasteiger partial charge is 0.372 e. The van der Waals surface area contributed by atoms with Gasteiger partial charge < -0.3 is 9.64 Å². The van der Waals surface area contributed by atoms with Crippen molar-refractivity contribution < 1.29 is 9.53 Å². The van der Waals surface area contributed by atoms with Crippen LogP contribution in [0.3, 0.4) is 0 Å². The van der Waals surface area contributed by atoms with Gasteiger partial charge in [-0.05, 0) is 37.3 Å². The quantitative estimate of drug-likeness (QED) is 0.766. The fourth-order valence-electron chi connectivity index (χ4n) is 2.33. The van der Waals surface area contributed by atoms with E-state index in [0.717, 1.165) is 37.9 Å². The minimum Gasteiger partial charge on any atom is -0.372 e. The zero-order valence-electron chi connectivity index (χ0n) is 11.0. The molecule has 18 heavy (non-hydrogen) atoms. The molecular weight excluding hydrogens is 226 g/mol. The molecule has 0 saturated carbocycles. The first kappa shape index (κ1) is 13.1. The number of rotatable bonds is 4. The smallest absolute Gasteiger partial charge is 0.252 e. The molecule has 1 aliphatic rings. The van der Waals surface area contributed by atoms with Gasteiger partial charge >= 0.3 is 0 Å². The van der Waals surface area contributed by atoms with Gasteiger partial charge in [0.1, 0.15) is 6.61 Å². The van der Waals surface area contributed by atoms with Gasteiger partial charge in [0.15, 0.2) is 0 Å². The second-order valence-corrected chi connectivity index (χ2v) is 4.68. The lowest BCUT2D eigenvalue weighted by molar-refractivity contribution is -0.123. The van der Waals surface area contributed by atoms with E-state index in [9.17, 15) is 4.79 Å². The normalized spacial score (nSPS) is 15.1. The molecule has 3 heteroatoms. The van der Waals surface area contributed by atoms with Gasteiger partial charge in [-0.1, -0.05) is 25.1 Å². The van der Waals surface area contributed by atoms with E-state index in [2.05, 4.69) is 6.07 Å². The van der Waals surface area contributed by atoms with Crippen LogP contribution >= 0.6 is 0 Å². The molecule has 0 unspecified atom stereocenters. The van der Waals surface area contributed by atoms with Crippen molar-refractivity contribution in [1.29, 1.82) is 0 Å². The lowest BCUT2D eigenvalue weighted by Crippen LogP contribution is -2.34. The van der Waals surface area contributed by atoms with Gasteiger partial charge in [0, 0.05) is 18.8 Å². The number of nitrogens with zero attached hydrogens (tertiary/aromatic N) is 1. The molecule has 0 atom stereocenters. The Morgan fingerprint density at radius 3 is 3.00 bits per heavy atom. The molecule has 0 saturated heterocycles.